The first-order valence-electron chi connectivity index (χ1n) is 4.39. The van der Waals surface area contributed by atoms with Gasteiger partial charge in [0.15, 0.2) is 0 Å². The lowest BCUT2D eigenvalue weighted by molar-refractivity contribution is 0.872. The first kappa shape index (κ1) is 8.97. The largest absolute Gasteiger partial charge is 0.143 e. The molecule has 0 N–H and O–H groups in total. The molecule has 0 saturated heterocycles. The van der Waals surface area contributed by atoms with Crippen molar-refractivity contribution in [3.8, 4) is 9.75 Å². The SMILES string of the molecule is CC(C)c1csc(-c2cccs2)c1. The van der Waals surface area contributed by atoms with Crippen LogP contribution in [0.25, 0.3) is 9.75 Å². The lowest BCUT2D eigenvalue weighted by atomic mass is 10.1. The smallest absolute Gasteiger partial charge is 0.0445 e. The number of rotatable bonds is 2. The zero-order chi connectivity index (χ0) is 9.26. The van der Waals surface area contributed by atoms with Gasteiger partial charge in [0.1, 0.15) is 0 Å². The summed E-state index contributed by atoms with van der Waals surface area (Å²) in [6.45, 7) is 4.47. The second kappa shape index (κ2) is 3.64. The van der Waals surface area contributed by atoms with E-state index in [9.17, 15) is 0 Å². The van der Waals surface area contributed by atoms with E-state index in [0.717, 1.165) is 0 Å². The molecule has 0 radical (unpaired) electrons. The number of hydrogen-bond donors (Lipinski definition) is 0. The van der Waals surface area contributed by atoms with E-state index in [1.807, 2.05) is 22.7 Å². The Labute approximate surface area is 86.9 Å². The maximum absolute atomic E-state index is 2.31. The lowest BCUT2D eigenvalue weighted by Gasteiger charge is -1.97. The molecule has 0 saturated carbocycles. The fraction of sp³-hybridized carbons (Fsp3) is 0.273. The maximum atomic E-state index is 2.31. The third-order valence-corrected chi connectivity index (χ3v) is 4.06. The van der Waals surface area contributed by atoms with E-state index in [-0.39, 0.29) is 0 Å². The summed E-state index contributed by atoms with van der Waals surface area (Å²) < 4.78 is 0. The second-order valence-corrected chi connectivity index (χ2v) is 5.24. The Morgan fingerprint density at radius 1 is 1.15 bits per heavy atom. The van der Waals surface area contributed by atoms with Crippen LogP contribution in [0.2, 0.25) is 0 Å². The summed E-state index contributed by atoms with van der Waals surface area (Å²) in [7, 11) is 0. The van der Waals surface area contributed by atoms with E-state index < -0.39 is 0 Å². The molecule has 68 valence electrons. The molecule has 0 nitrogen and oxygen atoms in total. The average molecular weight is 208 g/mol. The molecule has 0 aromatic carbocycles. The topological polar surface area (TPSA) is 0 Å². The van der Waals surface area contributed by atoms with Crippen LogP contribution in [0.3, 0.4) is 0 Å². The van der Waals surface area contributed by atoms with Crippen molar-refractivity contribution in [3.63, 3.8) is 0 Å². The van der Waals surface area contributed by atoms with Crippen LogP contribution in [0, 0.1) is 0 Å². The van der Waals surface area contributed by atoms with Gasteiger partial charge < -0.3 is 0 Å². The van der Waals surface area contributed by atoms with Crippen LogP contribution in [-0.2, 0) is 0 Å². The van der Waals surface area contributed by atoms with Crippen LogP contribution in [0.1, 0.15) is 25.3 Å². The van der Waals surface area contributed by atoms with Crippen molar-refractivity contribution < 1.29 is 0 Å². The molecule has 0 spiro atoms. The van der Waals surface area contributed by atoms with Gasteiger partial charge in [-0.2, -0.15) is 0 Å². The predicted octanol–water partition coefficient (Wildman–Crippen LogP) is 4.60. The minimum Gasteiger partial charge on any atom is -0.143 e. The Bertz CT molecular complexity index is 368. The first-order chi connectivity index (χ1) is 6.27. The monoisotopic (exact) mass is 208 g/mol. The summed E-state index contributed by atoms with van der Waals surface area (Å²) in [5.41, 5.74) is 1.45. The van der Waals surface area contributed by atoms with E-state index in [1.165, 1.54) is 15.3 Å². The van der Waals surface area contributed by atoms with Crippen molar-refractivity contribution in [1.82, 2.24) is 0 Å². The molecule has 0 bridgehead atoms. The Balaban J connectivity index is 2.33. The van der Waals surface area contributed by atoms with Gasteiger partial charge in [-0.3, -0.25) is 0 Å². The van der Waals surface area contributed by atoms with Gasteiger partial charge in [0.05, 0.1) is 0 Å². The molecule has 2 heteroatoms. The van der Waals surface area contributed by atoms with Crippen molar-refractivity contribution in [1.29, 1.82) is 0 Å². The molecule has 2 heterocycles. The van der Waals surface area contributed by atoms with E-state index in [0.29, 0.717) is 5.92 Å². The fourth-order valence-corrected chi connectivity index (χ4v) is 3.12. The van der Waals surface area contributed by atoms with E-state index in [1.54, 1.807) is 0 Å². The van der Waals surface area contributed by atoms with Gasteiger partial charge in [-0.15, -0.1) is 22.7 Å². The third-order valence-electron chi connectivity index (χ3n) is 2.05. The Kier molecular flexibility index (Phi) is 2.51. The van der Waals surface area contributed by atoms with Gasteiger partial charge in [-0.05, 0) is 34.4 Å². The summed E-state index contributed by atoms with van der Waals surface area (Å²) in [5.74, 6) is 0.643. The molecule has 2 aromatic heterocycles. The van der Waals surface area contributed by atoms with Gasteiger partial charge in [-0.1, -0.05) is 19.9 Å². The molecule has 0 aliphatic heterocycles. The summed E-state index contributed by atoms with van der Waals surface area (Å²) in [6.07, 6.45) is 0. The average Bonchev–Trinajstić information content (AvgIpc) is 2.75. The Morgan fingerprint density at radius 3 is 2.54 bits per heavy atom. The van der Waals surface area contributed by atoms with Gasteiger partial charge in [-0.25, -0.2) is 0 Å². The molecule has 13 heavy (non-hydrogen) atoms. The van der Waals surface area contributed by atoms with E-state index >= 15 is 0 Å². The summed E-state index contributed by atoms with van der Waals surface area (Å²) in [5, 5.41) is 4.39. The standard InChI is InChI=1S/C11H12S2/c1-8(2)9-6-11(13-7-9)10-4-3-5-12-10/h3-8H,1-2H3. The van der Waals surface area contributed by atoms with Crippen molar-refractivity contribution >= 4 is 22.7 Å². The van der Waals surface area contributed by atoms with Crippen molar-refractivity contribution in [3.05, 3.63) is 34.5 Å². The van der Waals surface area contributed by atoms with E-state index in [2.05, 4.69) is 42.8 Å². The quantitative estimate of drug-likeness (QED) is 0.676. The zero-order valence-electron chi connectivity index (χ0n) is 7.78. The molecule has 0 aliphatic carbocycles. The molecule has 2 aromatic rings. The number of thiophene rings is 2. The molecule has 0 atom stereocenters. The molecule has 0 aliphatic rings. The molecule has 0 unspecified atom stereocenters. The highest BCUT2D eigenvalue weighted by molar-refractivity contribution is 7.20. The normalized spacial score (nSPS) is 11.0. The minimum absolute atomic E-state index is 0.643. The first-order valence-corrected chi connectivity index (χ1v) is 6.15. The van der Waals surface area contributed by atoms with E-state index in [4.69, 9.17) is 0 Å². The van der Waals surface area contributed by atoms with Gasteiger partial charge >= 0.3 is 0 Å². The number of hydrogen-bond acceptors (Lipinski definition) is 2. The molecular weight excluding hydrogens is 196 g/mol. The van der Waals surface area contributed by atoms with Crippen molar-refractivity contribution in [2.75, 3.05) is 0 Å². The summed E-state index contributed by atoms with van der Waals surface area (Å²) in [4.78, 5) is 2.79. The Hall–Kier alpha value is -0.600. The highest BCUT2D eigenvalue weighted by Crippen LogP contribution is 2.32. The lowest BCUT2D eigenvalue weighted by Crippen LogP contribution is -1.80. The highest BCUT2D eigenvalue weighted by Gasteiger charge is 2.05. The zero-order valence-corrected chi connectivity index (χ0v) is 9.41. The van der Waals surface area contributed by atoms with Crippen LogP contribution in [0.5, 0.6) is 0 Å². The van der Waals surface area contributed by atoms with Crippen molar-refractivity contribution in [2.24, 2.45) is 0 Å². The molecule has 0 fully saturated rings. The van der Waals surface area contributed by atoms with Crippen LogP contribution in [-0.4, -0.2) is 0 Å². The molecule has 0 amide bonds. The molecule has 2 rings (SSSR count). The highest BCUT2D eigenvalue weighted by atomic mass is 32.1. The minimum atomic E-state index is 0.643. The summed E-state index contributed by atoms with van der Waals surface area (Å²) in [6, 6.07) is 6.59. The van der Waals surface area contributed by atoms with Gasteiger partial charge in [0.2, 0.25) is 0 Å². The van der Waals surface area contributed by atoms with Crippen LogP contribution < -0.4 is 0 Å². The third kappa shape index (κ3) is 1.84. The van der Waals surface area contributed by atoms with Crippen LogP contribution in [0.4, 0.5) is 0 Å². The Morgan fingerprint density at radius 2 is 2.00 bits per heavy atom. The second-order valence-electron chi connectivity index (χ2n) is 3.38. The maximum Gasteiger partial charge on any atom is 0.0445 e. The van der Waals surface area contributed by atoms with Crippen LogP contribution in [0.15, 0.2) is 29.0 Å². The van der Waals surface area contributed by atoms with Crippen molar-refractivity contribution in [2.45, 2.75) is 19.8 Å². The fourth-order valence-electron chi connectivity index (χ4n) is 1.20. The summed E-state index contributed by atoms with van der Waals surface area (Å²) >= 11 is 3.66. The molecular formula is C11H12S2. The van der Waals surface area contributed by atoms with Crippen LogP contribution >= 0.6 is 22.7 Å². The van der Waals surface area contributed by atoms with Gasteiger partial charge in [0, 0.05) is 9.75 Å². The van der Waals surface area contributed by atoms with Gasteiger partial charge in [0.25, 0.3) is 0 Å². The predicted molar refractivity (Wildman–Crippen MR) is 61.7 cm³/mol.